The van der Waals surface area contributed by atoms with Crippen LogP contribution >= 0.6 is 35.3 Å². The van der Waals surface area contributed by atoms with E-state index in [2.05, 4.69) is 15.4 Å². The summed E-state index contributed by atoms with van der Waals surface area (Å²) < 4.78 is 32.5. The van der Waals surface area contributed by atoms with Gasteiger partial charge in [0, 0.05) is 39.9 Å². The Labute approximate surface area is 190 Å². The molecule has 2 rings (SSSR count). The van der Waals surface area contributed by atoms with Crippen LogP contribution in [0.25, 0.3) is 0 Å². The Morgan fingerprint density at radius 3 is 2.64 bits per heavy atom. The molecular weight excluding hydrogens is 511 g/mol. The lowest BCUT2D eigenvalue weighted by atomic mass is 9.83. The summed E-state index contributed by atoms with van der Waals surface area (Å²) >= 11 is 1.21. The summed E-state index contributed by atoms with van der Waals surface area (Å²) in [5, 5.41) is 8.21. The van der Waals surface area contributed by atoms with Crippen LogP contribution in [-0.2, 0) is 14.8 Å². The molecule has 1 aromatic heterocycles. The van der Waals surface area contributed by atoms with Gasteiger partial charge in [0.15, 0.2) is 5.96 Å². The smallest absolute Gasteiger partial charge is 0.250 e. The van der Waals surface area contributed by atoms with Gasteiger partial charge in [-0.1, -0.05) is 18.9 Å². The van der Waals surface area contributed by atoms with Crippen LogP contribution in [0.2, 0.25) is 0 Å². The highest BCUT2D eigenvalue weighted by Gasteiger charge is 2.33. The van der Waals surface area contributed by atoms with Crippen molar-refractivity contribution in [2.45, 2.75) is 43.2 Å². The quantitative estimate of drug-likeness (QED) is 0.173. The second-order valence-corrected chi connectivity index (χ2v) is 9.84. The van der Waals surface area contributed by atoms with Gasteiger partial charge in [-0.05, 0) is 43.0 Å². The van der Waals surface area contributed by atoms with Crippen LogP contribution < -0.4 is 15.4 Å². The molecule has 1 aliphatic rings. The number of thiophene rings is 1. The average Bonchev–Trinajstić information content (AvgIpc) is 3.34. The van der Waals surface area contributed by atoms with Crippen molar-refractivity contribution < 1.29 is 13.2 Å². The summed E-state index contributed by atoms with van der Waals surface area (Å²) in [5.41, 5.74) is 0.235. The minimum Gasteiger partial charge on any atom is -0.385 e. The standard InChI is InChI=1S/C18H32N4O3S2.HI/c1-3-19-17(21-15-18(10-13-25-2)8-4-5-9-18)20-11-12-22-27(23,24)16-7-6-14-26-16;/h6-7,14,22H,3-5,8-13,15H2,1-2H3,(H2,19,20,21);1H. The molecule has 0 aromatic carbocycles. The minimum atomic E-state index is -3.42. The van der Waals surface area contributed by atoms with Crippen molar-refractivity contribution in [2.24, 2.45) is 10.4 Å². The van der Waals surface area contributed by atoms with Gasteiger partial charge in [-0.2, -0.15) is 0 Å². The first-order valence-electron chi connectivity index (χ1n) is 9.56. The topological polar surface area (TPSA) is 91.8 Å². The third kappa shape index (κ3) is 8.13. The largest absolute Gasteiger partial charge is 0.385 e. The Hall–Kier alpha value is -0.430. The molecule has 1 saturated carbocycles. The molecule has 7 nitrogen and oxygen atoms in total. The van der Waals surface area contributed by atoms with E-state index < -0.39 is 10.0 Å². The normalized spacial score (nSPS) is 16.6. The SMILES string of the molecule is CCNC(=NCC1(CCOC)CCCC1)NCCNS(=O)(=O)c1cccs1.I. The molecule has 0 unspecified atom stereocenters. The van der Waals surface area contributed by atoms with Gasteiger partial charge in [0.1, 0.15) is 4.21 Å². The third-order valence-corrected chi connectivity index (χ3v) is 7.75. The molecule has 0 bridgehead atoms. The molecular formula is C18H33IN4O3S2. The zero-order valence-electron chi connectivity index (χ0n) is 16.7. The van der Waals surface area contributed by atoms with Gasteiger partial charge in [0.05, 0.1) is 0 Å². The van der Waals surface area contributed by atoms with Crippen LogP contribution in [0.3, 0.4) is 0 Å². The second-order valence-electron chi connectivity index (χ2n) is 6.90. The van der Waals surface area contributed by atoms with Crippen LogP contribution in [-0.4, -0.2) is 54.3 Å². The summed E-state index contributed by atoms with van der Waals surface area (Å²) in [6, 6.07) is 3.34. The Kier molecular flexibility index (Phi) is 11.9. The Morgan fingerprint density at radius 1 is 1.29 bits per heavy atom. The molecule has 1 aromatic rings. The zero-order chi connectivity index (χ0) is 19.6. The number of hydrogen-bond donors (Lipinski definition) is 3. The molecule has 0 atom stereocenters. The summed E-state index contributed by atoms with van der Waals surface area (Å²) in [4.78, 5) is 4.77. The number of methoxy groups -OCH3 is 1. The van der Waals surface area contributed by atoms with E-state index in [9.17, 15) is 8.42 Å². The maximum Gasteiger partial charge on any atom is 0.250 e. The van der Waals surface area contributed by atoms with E-state index in [4.69, 9.17) is 9.73 Å². The molecule has 0 amide bonds. The molecule has 0 radical (unpaired) electrons. The average molecular weight is 545 g/mol. The van der Waals surface area contributed by atoms with Gasteiger partial charge < -0.3 is 15.4 Å². The highest BCUT2D eigenvalue weighted by Crippen LogP contribution is 2.41. The van der Waals surface area contributed by atoms with Gasteiger partial charge in [0.2, 0.25) is 10.0 Å². The van der Waals surface area contributed by atoms with Crippen LogP contribution in [0.5, 0.6) is 0 Å². The van der Waals surface area contributed by atoms with E-state index >= 15 is 0 Å². The monoisotopic (exact) mass is 544 g/mol. The third-order valence-electron chi connectivity index (χ3n) is 4.89. The number of hydrogen-bond acceptors (Lipinski definition) is 5. The maximum atomic E-state index is 12.1. The van der Waals surface area contributed by atoms with Crippen molar-refractivity contribution in [3.8, 4) is 0 Å². The number of sulfonamides is 1. The number of nitrogens with one attached hydrogen (secondary N) is 3. The van der Waals surface area contributed by atoms with Gasteiger partial charge in [0.25, 0.3) is 0 Å². The van der Waals surface area contributed by atoms with Crippen LogP contribution in [0.15, 0.2) is 26.7 Å². The highest BCUT2D eigenvalue weighted by molar-refractivity contribution is 14.0. The van der Waals surface area contributed by atoms with E-state index in [0.717, 1.165) is 32.1 Å². The summed E-state index contributed by atoms with van der Waals surface area (Å²) in [6.07, 6.45) is 5.94. The van der Waals surface area contributed by atoms with Crippen molar-refractivity contribution in [3.63, 3.8) is 0 Å². The van der Waals surface area contributed by atoms with E-state index in [1.165, 1.54) is 37.0 Å². The van der Waals surface area contributed by atoms with Gasteiger partial charge in [-0.3, -0.25) is 4.99 Å². The van der Waals surface area contributed by atoms with Crippen LogP contribution in [0, 0.1) is 5.41 Å². The maximum absolute atomic E-state index is 12.1. The van der Waals surface area contributed by atoms with E-state index in [1.54, 1.807) is 24.6 Å². The van der Waals surface area contributed by atoms with Crippen LogP contribution in [0.1, 0.15) is 39.0 Å². The molecule has 0 saturated heterocycles. The molecule has 3 N–H and O–H groups in total. The number of nitrogens with zero attached hydrogens (tertiary/aromatic N) is 1. The van der Waals surface area contributed by atoms with Crippen molar-refractivity contribution in [3.05, 3.63) is 17.5 Å². The molecule has 10 heteroatoms. The number of ether oxygens (including phenoxy) is 1. The Morgan fingerprint density at radius 2 is 2.04 bits per heavy atom. The summed E-state index contributed by atoms with van der Waals surface area (Å²) in [6.45, 7) is 5.10. The second kappa shape index (κ2) is 13.0. The lowest BCUT2D eigenvalue weighted by Crippen LogP contribution is -2.42. The lowest BCUT2D eigenvalue weighted by Gasteiger charge is -2.27. The van der Waals surface area contributed by atoms with Gasteiger partial charge >= 0.3 is 0 Å². The number of guanidine groups is 1. The summed E-state index contributed by atoms with van der Waals surface area (Å²) in [5.74, 6) is 0.733. The van der Waals surface area contributed by atoms with Crippen molar-refractivity contribution in [1.82, 2.24) is 15.4 Å². The van der Waals surface area contributed by atoms with Crippen molar-refractivity contribution in [2.75, 3.05) is 39.9 Å². The Balaban J connectivity index is 0.00000392. The fraction of sp³-hybridized carbons (Fsp3) is 0.722. The van der Waals surface area contributed by atoms with E-state index in [1.807, 2.05) is 6.92 Å². The van der Waals surface area contributed by atoms with Gasteiger partial charge in [-0.25, -0.2) is 13.1 Å². The molecule has 1 fully saturated rings. The lowest BCUT2D eigenvalue weighted by molar-refractivity contribution is 0.141. The molecule has 0 spiro atoms. The van der Waals surface area contributed by atoms with Crippen LogP contribution in [0.4, 0.5) is 0 Å². The summed E-state index contributed by atoms with van der Waals surface area (Å²) in [7, 11) is -1.67. The number of aliphatic imine (C=N–C) groups is 1. The molecule has 0 aliphatic heterocycles. The fourth-order valence-corrected chi connectivity index (χ4v) is 5.44. The Bertz CT molecular complexity index is 675. The first kappa shape index (κ1) is 25.6. The molecule has 162 valence electrons. The minimum absolute atomic E-state index is 0. The zero-order valence-corrected chi connectivity index (χ0v) is 20.7. The van der Waals surface area contributed by atoms with E-state index in [0.29, 0.717) is 17.3 Å². The first-order chi connectivity index (χ1) is 13.0. The predicted octanol–water partition coefficient (Wildman–Crippen LogP) is 2.80. The first-order valence-corrected chi connectivity index (χ1v) is 11.9. The molecule has 1 aliphatic carbocycles. The number of rotatable bonds is 11. The fourth-order valence-electron chi connectivity index (χ4n) is 3.37. The molecule has 28 heavy (non-hydrogen) atoms. The van der Waals surface area contributed by atoms with Crippen molar-refractivity contribution >= 4 is 51.3 Å². The predicted molar refractivity (Wildman–Crippen MR) is 126 cm³/mol. The van der Waals surface area contributed by atoms with Crippen molar-refractivity contribution in [1.29, 1.82) is 0 Å². The molecule has 1 heterocycles. The van der Waals surface area contributed by atoms with Gasteiger partial charge in [-0.15, -0.1) is 35.3 Å². The number of halogens is 1. The van der Waals surface area contributed by atoms with E-state index in [-0.39, 0.29) is 29.4 Å². The highest BCUT2D eigenvalue weighted by atomic mass is 127.